The first kappa shape index (κ1) is 11.8. The van der Waals surface area contributed by atoms with Crippen LogP contribution in [0.4, 0.5) is 4.39 Å². The fourth-order valence-electron chi connectivity index (χ4n) is 1.87. The van der Waals surface area contributed by atoms with Crippen molar-refractivity contribution in [3.63, 3.8) is 0 Å². The molecule has 0 saturated carbocycles. The minimum absolute atomic E-state index is 0.00407. The summed E-state index contributed by atoms with van der Waals surface area (Å²) in [5, 5.41) is 8.63. The van der Waals surface area contributed by atoms with Crippen molar-refractivity contribution in [3.05, 3.63) is 9.93 Å². The molecule has 88 valence electrons. The number of carbonyl (C=O) groups excluding carboxylic acids is 1. The Hall–Kier alpha value is -0.690. The van der Waals surface area contributed by atoms with E-state index in [1.165, 1.54) is 35.3 Å². The topological polar surface area (TPSA) is 57.6 Å². The molecule has 1 fully saturated rings. The molecule has 0 spiro atoms. The van der Waals surface area contributed by atoms with Gasteiger partial charge in [-0.3, -0.25) is 9.69 Å². The summed E-state index contributed by atoms with van der Waals surface area (Å²) in [6.07, 6.45) is 0.507. The monoisotopic (exact) mass is 263 g/mol. The lowest BCUT2D eigenvalue weighted by molar-refractivity contribution is -0.154. The first-order chi connectivity index (χ1) is 7.49. The Labute approximate surface area is 100 Å². The summed E-state index contributed by atoms with van der Waals surface area (Å²) in [5.41, 5.74) is 0.00407. The number of halogens is 1. The predicted molar refractivity (Wildman–Crippen MR) is 60.5 cm³/mol. The van der Waals surface area contributed by atoms with Crippen molar-refractivity contribution in [2.24, 2.45) is 5.92 Å². The van der Waals surface area contributed by atoms with Gasteiger partial charge in [0.25, 0.3) is 0 Å². The van der Waals surface area contributed by atoms with Gasteiger partial charge in [-0.05, 0) is 13.2 Å². The molecule has 4 nitrogen and oxygen atoms in total. The van der Waals surface area contributed by atoms with E-state index in [0.717, 1.165) is 0 Å². The molecule has 0 aromatic rings. The average molecular weight is 263 g/mol. The Balaban J connectivity index is 2.29. The molecule has 16 heavy (non-hydrogen) atoms. The Morgan fingerprint density at radius 1 is 1.69 bits per heavy atom. The predicted octanol–water partition coefficient (Wildman–Crippen LogP) is 1.49. The van der Waals surface area contributed by atoms with Crippen molar-refractivity contribution in [2.45, 2.75) is 18.5 Å². The number of hydrogen-bond donors (Lipinski definition) is 1. The average Bonchev–Trinajstić information content (AvgIpc) is 2.51. The molecular weight excluding hydrogens is 253 g/mol. The quantitative estimate of drug-likeness (QED) is 0.782. The number of carboxylic acids is 1. The van der Waals surface area contributed by atoms with Crippen molar-refractivity contribution in [1.29, 1.82) is 0 Å². The molecule has 0 radical (unpaired) electrons. The van der Waals surface area contributed by atoms with E-state index in [2.05, 4.69) is 0 Å². The molecule has 2 aliphatic heterocycles. The summed E-state index contributed by atoms with van der Waals surface area (Å²) in [7, 11) is 0. The van der Waals surface area contributed by atoms with Crippen LogP contribution in [-0.2, 0) is 9.59 Å². The highest BCUT2D eigenvalue weighted by Crippen LogP contribution is 2.53. The van der Waals surface area contributed by atoms with E-state index in [-0.39, 0.29) is 11.1 Å². The summed E-state index contributed by atoms with van der Waals surface area (Å²) in [6.45, 7) is 1.33. The molecule has 1 saturated heterocycles. The zero-order valence-electron chi connectivity index (χ0n) is 8.64. The Kier molecular flexibility index (Phi) is 2.91. The summed E-state index contributed by atoms with van der Waals surface area (Å²) in [6, 6.07) is 0. The molecule has 1 amide bonds. The molecule has 2 rings (SSSR count). The van der Waals surface area contributed by atoms with Gasteiger partial charge in [-0.25, -0.2) is 9.18 Å². The van der Waals surface area contributed by atoms with Crippen LogP contribution in [0.25, 0.3) is 0 Å². The van der Waals surface area contributed by atoms with Crippen LogP contribution in [0.5, 0.6) is 0 Å². The second kappa shape index (κ2) is 3.96. The molecule has 0 aliphatic carbocycles. The third-order valence-corrected chi connectivity index (χ3v) is 5.13. The van der Waals surface area contributed by atoms with Gasteiger partial charge in [-0.2, -0.15) is 0 Å². The van der Waals surface area contributed by atoms with E-state index in [1.807, 2.05) is 0 Å². The summed E-state index contributed by atoms with van der Waals surface area (Å²) in [5.74, 6) is -2.25. The number of carboxylic acid groups (broad SMARTS) is 1. The summed E-state index contributed by atoms with van der Waals surface area (Å²) in [4.78, 5) is 23.8. The molecule has 0 bridgehead atoms. The minimum atomic E-state index is -1.24. The van der Waals surface area contributed by atoms with Gasteiger partial charge in [-0.1, -0.05) is 11.8 Å². The molecular formula is C9H10FNO3S2. The number of aliphatic carboxylic acids is 1. The number of hydrogen-bond acceptors (Lipinski definition) is 4. The maximum Gasteiger partial charge on any atom is 0.354 e. The maximum absolute atomic E-state index is 13.2. The number of nitrogens with zero attached hydrogens (tertiary/aromatic N) is 1. The molecule has 3 atom stereocenters. The molecule has 0 aromatic heterocycles. The molecule has 2 heterocycles. The standard InChI is InChI=1S/C9H10FNO3S2/c1-3(10)4-6(12)11-5(8(13)14)9(15-2)16-7(4)11/h3-4,7H,1-2H3,(H,13,14)/t3-,4-,7+/m0/s1. The third-order valence-electron chi connectivity index (χ3n) is 2.63. The van der Waals surface area contributed by atoms with E-state index in [0.29, 0.717) is 4.24 Å². The fraction of sp³-hybridized carbons (Fsp3) is 0.556. The van der Waals surface area contributed by atoms with Gasteiger partial charge >= 0.3 is 5.97 Å². The molecule has 2 aliphatic rings. The number of alkyl halides is 1. The Bertz CT molecular complexity index is 396. The van der Waals surface area contributed by atoms with Crippen LogP contribution in [0.2, 0.25) is 0 Å². The van der Waals surface area contributed by atoms with Gasteiger partial charge in [-0.15, -0.1) is 11.8 Å². The smallest absolute Gasteiger partial charge is 0.354 e. The van der Waals surface area contributed by atoms with Crippen LogP contribution >= 0.6 is 23.5 Å². The van der Waals surface area contributed by atoms with Crippen LogP contribution in [0.15, 0.2) is 9.93 Å². The van der Waals surface area contributed by atoms with Crippen molar-refractivity contribution < 1.29 is 19.1 Å². The number of β-lactam (4-membered cyclic amide) rings is 1. The van der Waals surface area contributed by atoms with Crippen LogP contribution in [0.3, 0.4) is 0 Å². The van der Waals surface area contributed by atoms with Gasteiger partial charge in [0, 0.05) is 0 Å². The number of rotatable bonds is 3. The van der Waals surface area contributed by atoms with E-state index in [1.54, 1.807) is 6.26 Å². The van der Waals surface area contributed by atoms with Crippen molar-refractivity contribution >= 4 is 35.4 Å². The molecule has 0 aromatic carbocycles. The highest BCUT2D eigenvalue weighted by atomic mass is 32.2. The zero-order valence-corrected chi connectivity index (χ0v) is 10.3. The van der Waals surface area contributed by atoms with Gasteiger partial charge < -0.3 is 5.11 Å². The van der Waals surface area contributed by atoms with Crippen LogP contribution in [0.1, 0.15) is 6.92 Å². The summed E-state index contributed by atoms with van der Waals surface area (Å²) < 4.78 is 13.7. The van der Waals surface area contributed by atoms with E-state index >= 15 is 0 Å². The summed E-state index contributed by atoms with van der Waals surface area (Å²) >= 11 is 2.54. The first-order valence-electron chi connectivity index (χ1n) is 4.64. The van der Waals surface area contributed by atoms with Crippen molar-refractivity contribution in [3.8, 4) is 0 Å². The number of fused-ring (bicyclic) bond motifs is 1. The number of carbonyl (C=O) groups is 2. The fourth-order valence-corrected chi connectivity index (χ4v) is 4.24. The lowest BCUT2D eigenvalue weighted by Gasteiger charge is -2.42. The Morgan fingerprint density at radius 3 is 2.75 bits per heavy atom. The van der Waals surface area contributed by atoms with Crippen LogP contribution < -0.4 is 0 Å². The SMILES string of the molecule is CSC1=C(C(=O)O)N2C(=O)[C@H]([C@H](C)F)[C@H]2S1. The highest BCUT2D eigenvalue weighted by molar-refractivity contribution is 8.22. The van der Waals surface area contributed by atoms with Crippen LogP contribution in [-0.4, -0.2) is 39.7 Å². The highest BCUT2D eigenvalue weighted by Gasteiger charge is 2.58. The normalized spacial score (nSPS) is 30.2. The molecule has 1 N–H and O–H groups in total. The van der Waals surface area contributed by atoms with Gasteiger partial charge in [0.15, 0.2) is 5.70 Å². The lowest BCUT2D eigenvalue weighted by Crippen LogP contribution is -2.60. The Morgan fingerprint density at radius 2 is 2.31 bits per heavy atom. The molecule has 0 unspecified atom stereocenters. The lowest BCUT2D eigenvalue weighted by atomic mass is 9.93. The van der Waals surface area contributed by atoms with Crippen molar-refractivity contribution in [2.75, 3.05) is 6.26 Å². The second-order valence-corrected chi connectivity index (χ2v) is 5.77. The van der Waals surface area contributed by atoms with Crippen LogP contribution in [0, 0.1) is 5.92 Å². The van der Waals surface area contributed by atoms with E-state index < -0.39 is 24.0 Å². The van der Waals surface area contributed by atoms with E-state index in [9.17, 15) is 14.0 Å². The number of amides is 1. The molecule has 7 heteroatoms. The second-order valence-electron chi connectivity index (χ2n) is 3.57. The minimum Gasteiger partial charge on any atom is -0.477 e. The number of thioether (sulfide) groups is 2. The largest absolute Gasteiger partial charge is 0.477 e. The first-order valence-corrected chi connectivity index (χ1v) is 6.74. The van der Waals surface area contributed by atoms with Crippen molar-refractivity contribution in [1.82, 2.24) is 4.90 Å². The van der Waals surface area contributed by atoms with E-state index in [4.69, 9.17) is 5.11 Å². The van der Waals surface area contributed by atoms with Gasteiger partial charge in [0.2, 0.25) is 5.91 Å². The zero-order chi connectivity index (χ0) is 12.0. The third kappa shape index (κ3) is 1.45. The van der Waals surface area contributed by atoms with Gasteiger partial charge in [0.1, 0.15) is 11.5 Å². The van der Waals surface area contributed by atoms with Gasteiger partial charge in [0.05, 0.1) is 10.2 Å². The maximum atomic E-state index is 13.2.